The van der Waals surface area contributed by atoms with Crippen molar-refractivity contribution in [2.45, 2.75) is 6.54 Å². The van der Waals surface area contributed by atoms with Gasteiger partial charge in [-0.3, -0.25) is 4.90 Å². The van der Waals surface area contributed by atoms with Crippen molar-refractivity contribution in [2.75, 3.05) is 36.8 Å². The number of hydrogen-bond donors (Lipinski definition) is 1. The first-order chi connectivity index (χ1) is 18.5. The van der Waals surface area contributed by atoms with E-state index in [2.05, 4.69) is 27.1 Å². The molecule has 0 spiro atoms. The van der Waals surface area contributed by atoms with Crippen LogP contribution in [0.5, 0.6) is 0 Å². The topological polar surface area (TPSA) is 76.1 Å². The molecule has 38 heavy (non-hydrogen) atoms. The quantitative estimate of drug-likeness (QED) is 0.362. The summed E-state index contributed by atoms with van der Waals surface area (Å²) < 4.78 is 43.9. The van der Waals surface area contributed by atoms with Gasteiger partial charge in [0.2, 0.25) is 5.95 Å². The van der Waals surface area contributed by atoms with Gasteiger partial charge in [-0.15, -0.1) is 5.10 Å². The van der Waals surface area contributed by atoms with Crippen LogP contribution in [0.15, 0.2) is 72.8 Å². The molecular formula is C28H24F3N7. The van der Waals surface area contributed by atoms with E-state index in [9.17, 15) is 13.2 Å². The molecule has 0 saturated carbocycles. The molecule has 0 amide bonds. The van der Waals surface area contributed by atoms with Crippen molar-refractivity contribution in [3.63, 3.8) is 0 Å². The molecule has 0 unspecified atom stereocenters. The molecule has 5 aromatic rings. The summed E-state index contributed by atoms with van der Waals surface area (Å²) in [6.07, 6.45) is 0. The second kappa shape index (κ2) is 9.79. The van der Waals surface area contributed by atoms with Crippen LogP contribution in [-0.4, -0.2) is 50.8 Å². The van der Waals surface area contributed by atoms with E-state index in [1.807, 2.05) is 23.1 Å². The van der Waals surface area contributed by atoms with Crippen LogP contribution in [0.2, 0.25) is 0 Å². The van der Waals surface area contributed by atoms with E-state index in [1.54, 1.807) is 12.1 Å². The minimum Gasteiger partial charge on any atom is -0.383 e. The number of fused-ring (bicyclic) bond motifs is 1. The van der Waals surface area contributed by atoms with Crippen molar-refractivity contribution in [1.82, 2.24) is 24.6 Å². The van der Waals surface area contributed by atoms with E-state index in [0.717, 1.165) is 42.5 Å². The van der Waals surface area contributed by atoms with Crippen molar-refractivity contribution in [1.29, 1.82) is 0 Å². The molecule has 0 radical (unpaired) electrons. The first-order valence-corrected chi connectivity index (χ1v) is 12.2. The molecule has 1 fully saturated rings. The maximum absolute atomic E-state index is 14.6. The summed E-state index contributed by atoms with van der Waals surface area (Å²) in [4.78, 5) is 13.8. The Morgan fingerprint density at radius 1 is 0.789 bits per heavy atom. The van der Waals surface area contributed by atoms with E-state index in [4.69, 9.17) is 10.7 Å². The van der Waals surface area contributed by atoms with Gasteiger partial charge in [-0.05, 0) is 29.8 Å². The first-order valence-electron chi connectivity index (χ1n) is 12.2. The van der Waals surface area contributed by atoms with E-state index in [1.165, 1.54) is 17.7 Å². The van der Waals surface area contributed by atoms with Gasteiger partial charge in [0.15, 0.2) is 5.65 Å². The molecule has 2 aromatic heterocycles. The van der Waals surface area contributed by atoms with Crippen molar-refractivity contribution in [3.05, 3.63) is 95.8 Å². The van der Waals surface area contributed by atoms with Gasteiger partial charge in [0.25, 0.3) is 0 Å². The van der Waals surface area contributed by atoms with Gasteiger partial charge in [-0.25, -0.2) is 22.8 Å². The Bertz CT molecular complexity index is 1610. The highest BCUT2D eigenvalue weighted by atomic mass is 19.1. The highest BCUT2D eigenvalue weighted by Gasteiger charge is 2.25. The van der Waals surface area contributed by atoms with Crippen LogP contribution in [0.25, 0.3) is 28.0 Å². The molecule has 0 atom stereocenters. The lowest BCUT2D eigenvalue weighted by molar-refractivity contribution is 0.249. The van der Waals surface area contributed by atoms with E-state index >= 15 is 0 Å². The molecule has 10 heteroatoms. The fraction of sp³-hybridized carbons (Fsp3) is 0.179. The minimum atomic E-state index is -0.694. The third-order valence-corrected chi connectivity index (χ3v) is 6.70. The minimum absolute atomic E-state index is 0.0305. The summed E-state index contributed by atoms with van der Waals surface area (Å²) in [5.41, 5.74) is 8.56. The van der Waals surface area contributed by atoms with E-state index in [-0.39, 0.29) is 17.2 Å². The fourth-order valence-electron chi connectivity index (χ4n) is 4.77. The third kappa shape index (κ3) is 4.54. The summed E-state index contributed by atoms with van der Waals surface area (Å²) in [6, 6.07) is 19.3. The highest BCUT2D eigenvalue weighted by molar-refractivity contribution is 5.99. The van der Waals surface area contributed by atoms with E-state index in [0.29, 0.717) is 35.7 Å². The Morgan fingerprint density at radius 2 is 1.55 bits per heavy atom. The van der Waals surface area contributed by atoms with Crippen molar-refractivity contribution >= 4 is 22.8 Å². The predicted molar refractivity (Wildman–Crippen MR) is 140 cm³/mol. The van der Waals surface area contributed by atoms with Gasteiger partial charge in [0.1, 0.15) is 29.0 Å². The number of anilines is 2. The third-order valence-electron chi connectivity index (χ3n) is 6.70. The molecule has 1 aliphatic rings. The first kappa shape index (κ1) is 23.9. The monoisotopic (exact) mass is 515 g/mol. The lowest BCUT2D eigenvalue weighted by Gasteiger charge is -2.34. The molecule has 6 rings (SSSR count). The summed E-state index contributed by atoms with van der Waals surface area (Å²) in [5, 5.41) is 4.76. The molecule has 192 valence electrons. The summed E-state index contributed by atoms with van der Waals surface area (Å²) in [5.74, 6) is -1.32. The Labute approximate surface area is 217 Å². The average Bonchev–Trinajstić information content (AvgIpc) is 3.26. The Hall–Kier alpha value is -4.44. The largest absolute Gasteiger partial charge is 0.383 e. The van der Waals surface area contributed by atoms with Crippen LogP contribution >= 0.6 is 0 Å². The Balaban J connectivity index is 1.40. The molecule has 7 nitrogen and oxygen atoms in total. The van der Waals surface area contributed by atoms with Crippen LogP contribution in [0.3, 0.4) is 0 Å². The van der Waals surface area contributed by atoms with E-state index < -0.39 is 17.5 Å². The van der Waals surface area contributed by atoms with Gasteiger partial charge in [0, 0.05) is 44.4 Å². The number of piperazine rings is 1. The fourth-order valence-corrected chi connectivity index (χ4v) is 4.77. The predicted octanol–water partition coefficient (Wildman–Crippen LogP) is 4.80. The normalized spacial score (nSPS) is 14.3. The zero-order valence-electron chi connectivity index (χ0n) is 20.4. The smallest absolute Gasteiger partial charge is 0.228 e. The standard InChI is InChI=1S/C28H24F3N7/c29-20-8-4-7-19(15-20)25-24-26(32)38(23-16-21(30)9-10-22(23)31)35-27(24)34-28(33-25)37-13-11-36(12-14-37)17-18-5-2-1-3-6-18/h1-10,15-16H,11-14,17,32H2. The van der Waals surface area contributed by atoms with Crippen molar-refractivity contribution in [2.24, 2.45) is 0 Å². The zero-order valence-corrected chi connectivity index (χ0v) is 20.4. The zero-order chi connectivity index (χ0) is 26.2. The number of benzene rings is 3. The lowest BCUT2D eigenvalue weighted by Crippen LogP contribution is -2.46. The summed E-state index contributed by atoms with van der Waals surface area (Å²) in [6.45, 7) is 3.81. The molecule has 1 aliphatic heterocycles. The molecule has 3 aromatic carbocycles. The van der Waals surface area contributed by atoms with Gasteiger partial charge < -0.3 is 10.6 Å². The molecule has 0 bridgehead atoms. The van der Waals surface area contributed by atoms with Crippen molar-refractivity contribution < 1.29 is 13.2 Å². The number of aromatic nitrogens is 4. The van der Waals surface area contributed by atoms with Gasteiger partial charge in [-0.1, -0.05) is 42.5 Å². The number of nitrogens with two attached hydrogens (primary N) is 1. The molecule has 3 heterocycles. The van der Waals surface area contributed by atoms with Crippen molar-refractivity contribution in [3.8, 4) is 16.9 Å². The van der Waals surface area contributed by atoms with Gasteiger partial charge in [-0.2, -0.15) is 4.98 Å². The maximum atomic E-state index is 14.6. The van der Waals surface area contributed by atoms with Gasteiger partial charge in [0.05, 0.1) is 11.1 Å². The second-order valence-corrected chi connectivity index (χ2v) is 9.22. The number of hydrogen-bond acceptors (Lipinski definition) is 6. The van der Waals surface area contributed by atoms with Crippen LogP contribution in [0.1, 0.15) is 5.56 Å². The Morgan fingerprint density at radius 3 is 2.32 bits per heavy atom. The second-order valence-electron chi connectivity index (χ2n) is 9.22. The summed E-state index contributed by atoms with van der Waals surface area (Å²) in [7, 11) is 0. The number of nitrogen functional groups attached to an aromatic ring is 1. The van der Waals surface area contributed by atoms with Crippen LogP contribution in [0, 0.1) is 17.5 Å². The highest BCUT2D eigenvalue weighted by Crippen LogP contribution is 2.34. The Kier molecular flexibility index (Phi) is 6.16. The van der Waals surface area contributed by atoms with Crippen LogP contribution in [-0.2, 0) is 6.54 Å². The number of halogens is 3. The average molecular weight is 516 g/mol. The maximum Gasteiger partial charge on any atom is 0.228 e. The summed E-state index contributed by atoms with van der Waals surface area (Å²) >= 11 is 0. The number of nitrogens with zero attached hydrogens (tertiary/aromatic N) is 6. The van der Waals surface area contributed by atoms with Crippen LogP contribution in [0.4, 0.5) is 24.9 Å². The SMILES string of the molecule is Nc1c2c(-c3cccc(F)c3)nc(N3CCN(Cc4ccccc4)CC3)nc2nn1-c1cc(F)ccc1F. The van der Waals surface area contributed by atoms with Gasteiger partial charge >= 0.3 is 0 Å². The lowest BCUT2D eigenvalue weighted by atomic mass is 10.1. The molecule has 2 N–H and O–H groups in total. The van der Waals surface area contributed by atoms with Crippen LogP contribution < -0.4 is 10.6 Å². The molecule has 0 aliphatic carbocycles. The number of rotatable bonds is 5. The molecule has 1 saturated heterocycles. The molecular weight excluding hydrogens is 491 g/mol.